The van der Waals surface area contributed by atoms with Crippen molar-refractivity contribution in [3.05, 3.63) is 57.0 Å². The molecule has 2 aromatic carbocycles. The quantitative estimate of drug-likeness (QED) is 0.430. The van der Waals surface area contributed by atoms with Gasteiger partial charge in [-0.1, -0.05) is 34.8 Å². The number of hydrogen-bond acceptors (Lipinski definition) is 5. The van der Waals surface area contributed by atoms with E-state index in [2.05, 4.69) is 4.74 Å². The number of carbonyl (C=O) groups excluding carboxylic acids is 2. The average molecular weight is 390 g/mol. The third-order valence-electron chi connectivity index (χ3n) is 2.83. The second-order valence-electron chi connectivity index (χ2n) is 4.48. The highest BCUT2D eigenvalue weighted by Crippen LogP contribution is 2.33. The van der Waals surface area contributed by atoms with Crippen LogP contribution in [0.5, 0.6) is 11.5 Å². The predicted molar refractivity (Wildman–Crippen MR) is 90.4 cm³/mol. The van der Waals surface area contributed by atoms with Crippen molar-refractivity contribution in [1.29, 1.82) is 0 Å². The molecule has 24 heavy (non-hydrogen) atoms. The Bertz CT molecular complexity index is 759. The Morgan fingerprint density at radius 3 is 2.21 bits per heavy atom. The molecule has 0 aromatic heterocycles. The maximum absolute atomic E-state index is 11.8. The summed E-state index contributed by atoms with van der Waals surface area (Å²) in [5, 5.41) is 0.754. The van der Waals surface area contributed by atoms with E-state index in [0.29, 0.717) is 5.56 Å². The van der Waals surface area contributed by atoms with Crippen LogP contribution >= 0.6 is 34.8 Å². The van der Waals surface area contributed by atoms with Crippen LogP contribution in [0.3, 0.4) is 0 Å². The molecule has 2 aromatic rings. The second kappa shape index (κ2) is 8.24. The molecule has 0 aliphatic heterocycles. The number of benzene rings is 2. The van der Waals surface area contributed by atoms with Crippen LogP contribution in [0.2, 0.25) is 15.1 Å². The first-order chi connectivity index (χ1) is 11.4. The molecule has 0 N–H and O–H groups in total. The molecule has 0 unspecified atom stereocenters. The van der Waals surface area contributed by atoms with Gasteiger partial charge >= 0.3 is 11.9 Å². The van der Waals surface area contributed by atoms with E-state index >= 15 is 0 Å². The number of carbonyl (C=O) groups is 2. The summed E-state index contributed by atoms with van der Waals surface area (Å²) >= 11 is 17.6. The number of methoxy groups -OCH3 is 1. The summed E-state index contributed by atoms with van der Waals surface area (Å²) in [6.07, 6.45) is 0. The van der Waals surface area contributed by atoms with Crippen LogP contribution in [-0.4, -0.2) is 25.7 Å². The zero-order valence-electron chi connectivity index (χ0n) is 12.3. The minimum Gasteiger partial charge on any atom is -0.480 e. The largest absolute Gasteiger partial charge is 0.480 e. The van der Waals surface area contributed by atoms with Gasteiger partial charge in [0.25, 0.3) is 0 Å². The molecule has 0 fully saturated rings. The van der Waals surface area contributed by atoms with Gasteiger partial charge in [0, 0.05) is 6.07 Å². The van der Waals surface area contributed by atoms with E-state index < -0.39 is 11.9 Å². The van der Waals surface area contributed by atoms with E-state index in [4.69, 9.17) is 44.3 Å². The average Bonchev–Trinajstić information content (AvgIpc) is 2.57. The van der Waals surface area contributed by atoms with Crippen LogP contribution in [0.1, 0.15) is 10.4 Å². The molecule has 0 aliphatic rings. The lowest BCUT2D eigenvalue weighted by atomic mass is 10.2. The van der Waals surface area contributed by atoms with Crippen LogP contribution < -0.4 is 9.47 Å². The second-order valence-corrected chi connectivity index (χ2v) is 5.70. The van der Waals surface area contributed by atoms with Gasteiger partial charge in [-0.25, -0.2) is 9.59 Å². The van der Waals surface area contributed by atoms with E-state index in [0.717, 1.165) is 0 Å². The van der Waals surface area contributed by atoms with Crippen LogP contribution in [0, 0.1) is 0 Å². The van der Waals surface area contributed by atoms with Gasteiger partial charge in [0.2, 0.25) is 0 Å². The van der Waals surface area contributed by atoms with Gasteiger partial charge in [-0.05, 0) is 30.3 Å². The lowest BCUT2D eigenvalue weighted by Crippen LogP contribution is -2.17. The van der Waals surface area contributed by atoms with Gasteiger partial charge < -0.3 is 14.2 Å². The van der Waals surface area contributed by atoms with Crippen molar-refractivity contribution < 1.29 is 23.8 Å². The maximum Gasteiger partial charge on any atom is 0.349 e. The van der Waals surface area contributed by atoms with Gasteiger partial charge in [-0.2, -0.15) is 0 Å². The third-order valence-corrected chi connectivity index (χ3v) is 3.84. The van der Waals surface area contributed by atoms with Crippen molar-refractivity contribution in [3.63, 3.8) is 0 Å². The fraction of sp³-hybridized carbons (Fsp3) is 0.125. The van der Waals surface area contributed by atoms with Crippen molar-refractivity contribution in [2.75, 3.05) is 13.7 Å². The number of hydrogen-bond donors (Lipinski definition) is 0. The molecule has 0 bridgehead atoms. The van der Waals surface area contributed by atoms with Crippen molar-refractivity contribution >= 4 is 46.7 Å². The SMILES string of the molecule is COC(=O)c1ccc(OC(=O)COc2cc(Cl)c(Cl)cc2Cl)cc1. The van der Waals surface area contributed by atoms with E-state index in [-0.39, 0.29) is 33.2 Å². The van der Waals surface area contributed by atoms with E-state index in [1.54, 1.807) is 0 Å². The number of halogens is 3. The summed E-state index contributed by atoms with van der Waals surface area (Å²) in [4.78, 5) is 23.1. The van der Waals surface area contributed by atoms with E-state index in [9.17, 15) is 9.59 Å². The van der Waals surface area contributed by atoms with Crippen LogP contribution in [0.4, 0.5) is 0 Å². The zero-order valence-corrected chi connectivity index (χ0v) is 14.6. The molecule has 5 nitrogen and oxygen atoms in total. The minimum absolute atomic E-state index is 0.212. The maximum atomic E-state index is 11.8. The van der Waals surface area contributed by atoms with E-state index in [1.807, 2.05) is 0 Å². The lowest BCUT2D eigenvalue weighted by Gasteiger charge is -2.09. The molecule has 0 aliphatic carbocycles. The summed E-state index contributed by atoms with van der Waals surface area (Å²) < 4.78 is 14.9. The molecule has 0 atom stereocenters. The molecule has 8 heteroatoms. The Morgan fingerprint density at radius 1 is 0.958 bits per heavy atom. The molecule has 2 rings (SSSR count). The van der Waals surface area contributed by atoms with Gasteiger partial charge in [0.1, 0.15) is 11.5 Å². The van der Waals surface area contributed by atoms with Crippen LogP contribution in [0.25, 0.3) is 0 Å². The molecule has 0 heterocycles. The Hall–Kier alpha value is -1.95. The fourth-order valence-corrected chi connectivity index (χ4v) is 2.28. The topological polar surface area (TPSA) is 61.8 Å². The van der Waals surface area contributed by atoms with Gasteiger partial charge in [0.15, 0.2) is 6.61 Å². The molecular weight excluding hydrogens is 379 g/mol. The standard InChI is InChI=1S/C16H11Cl3O5/c1-22-16(21)9-2-4-10(5-3-9)24-15(20)8-23-14-7-12(18)11(17)6-13(14)19/h2-7H,8H2,1H3. The predicted octanol–water partition coefficient (Wildman–Crippen LogP) is 4.42. The molecule has 0 saturated heterocycles. The first kappa shape index (κ1) is 18.4. The highest BCUT2D eigenvalue weighted by Gasteiger charge is 2.12. The van der Waals surface area contributed by atoms with Crippen LogP contribution in [0.15, 0.2) is 36.4 Å². The number of rotatable bonds is 5. The Morgan fingerprint density at radius 2 is 1.58 bits per heavy atom. The van der Waals surface area contributed by atoms with Gasteiger partial charge in [-0.3, -0.25) is 0 Å². The molecule has 126 valence electrons. The number of ether oxygens (including phenoxy) is 3. The first-order valence-electron chi connectivity index (χ1n) is 6.57. The highest BCUT2D eigenvalue weighted by atomic mass is 35.5. The normalized spacial score (nSPS) is 10.2. The molecule has 0 saturated carbocycles. The lowest BCUT2D eigenvalue weighted by molar-refractivity contribution is -0.136. The molecule has 0 radical (unpaired) electrons. The van der Waals surface area contributed by atoms with E-state index in [1.165, 1.54) is 43.5 Å². The summed E-state index contributed by atoms with van der Waals surface area (Å²) in [6, 6.07) is 8.71. The zero-order chi connectivity index (χ0) is 17.7. The Balaban J connectivity index is 1.94. The monoisotopic (exact) mass is 388 g/mol. The van der Waals surface area contributed by atoms with Gasteiger partial charge in [-0.15, -0.1) is 0 Å². The van der Waals surface area contributed by atoms with Crippen molar-refractivity contribution in [3.8, 4) is 11.5 Å². The van der Waals surface area contributed by atoms with Crippen molar-refractivity contribution in [1.82, 2.24) is 0 Å². The fourth-order valence-electron chi connectivity index (χ4n) is 1.69. The molecule has 0 spiro atoms. The smallest absolute Gasteiger partial charge is 0.349 e. The highest BCUT2D eigenvalue weighted by molar-refractivity contribution is 6.43. The summed E-state index contributed by atoms with van der Waals surface area (Å²) in [6.45, 7) is -0.379. The molecular formula is C16H11Cl3O5. The van der Waals surface area contributed by atoms with Gasteiger partial charge in [0.05, 0.1) is 27.7 Å². The summed E-state index contributed by atoms with van der Waals surface area (Å²) in [7, 11) is 1.28. The first-order valence-corrected chi connectivity index (χ1v) is 7.70. The molecule has 0 amide bonds. The minimum atomic E-state index is -0.650. The Labute approximate surface area is 153 Å². The van der Waals surface area contributed by atoms with Crippen molar-refractivity contribution in [2.45, 2.75) is 0 Å². The van der Waals surface area contributed by atoms with Crippen molar-refractivity contribution in [2.24, 2.45) is 0 Å². The van der Waals surface area contributed by atoms with Crippen LogP contribution in [-0.2, 0) is 9.53 Å². The number of esters is 2. The Kier molecular flexibility index (Phi) is 6.31. The summed E-state index contributed by atoms with van der Waals surface area (Å²) in [5.74, 6) is -0.658. The summed E-state index contributed by atoms with van der Waals surface area (Å²) in [5.41, 5.74) is 0.344. The third kappa shape index (κ3) is 4.77.